The van der Waals surface area contributed by atoms with Crippen LogP contribution in [0.5, 0.6) is 0 Å². The van der Waals surface area contributed by atoms with Crippen LogP contribution in [0.2, 0.25) is 0 Å². The zero-order valence-corrected chi connectivity index (χ0v) is 8.12. The molecule has 0 aliphatic rings. The second-order valence-electron chi connectivity index (χ2n) is 3.01. The zero-order chi connectivity index (χ0) is 10.1. The number of carboxylic acids is 1. The molecule has 0 aliphatic carbocycles. The molecule has 0 amide bonds. The van der Waals surface area contributed by atoms with E-state index in [2.05, 4.69) is 0 Å². The number of hydrogen-bond acceptors (Lipinski definition) is 2. The van der Waals surface area contributed by atoms with Crippen molar-refractivity contribution in [1.29, 1.82) is 0 Å². The van der Waals surface area contributed by atoms with Gasteiger partial charge in [-0.1, -0.05) is 18.9 Å². The highest BCUT2D eigenvalue weighted by molar-refractivity contribution is 5.86. The van der Waals surface area contributed by atoms with Gasteiger partial charge in [-0.2, -0.15) is 0 Å². The van der Waals surface area contributed by atoms with Crippen LogP contribution in [-0.4, -0.2) is 22.8 Å². The van der Waals surface area contributed by atoms with E-state index in [9.17, 15) is 4.79 Å². The molecule has 0 aromatic rings. The lowest BCUT2D eigenvalue weighted by molar-refractivity contribution is -0.132. The SMILES string of the molecule is C/C=C(\CCCCCCO)C(=O)O. The van der Waals surface area contributed by atoms with Gasteiger partial charge in [-0.05, 0) is 26.2 Å². The van der Waals surface area contributed by atoms with E-state index in [0.717, 1.165) is 25.7 Å². The largest absolute Gasteiger partial charge is 0.478 e. The maximum Gasteiger partial charge on any atom is 0.331 e. The summed E-state index contributed by atoms with van der Waals surface area (Å²) in [6.45, 7) is 1.98. The highest BCUT2D eigenvalue weighted by atomic mass is 16.4. The third-order valence-corrected chi connectivity index (χ3v) is 1.98. The number of carbonyl (C=O) groups is 1. The van der Waals surface area contributed by atoms with Crippen LogP contribution in [0.4, 0.5) is 0 Å². The fourth-order valence-corrected chi connectivity index (χ4v) is 1.16. The first-order valence-electron chi connectivity index (χ1n) is 4.71. The monoisotopic (exact) mass is 186 g/mol. The Morgan fingerprint density at radius 1 is 1.23 bits per heavy atom. The number of rotatable bonds is 7. The standard InChI is InChI=1S/C10H18O3/c1-2-9(10(12)13)7-5-3-4-6-8-11/h2,11H,3-8H2,1H3,(H,12,13)/b9-2+. The molecule has 3 heteroatoms. The first-order valence-corrected chi connectivity index (χ1v) is 4.71. The Bertz CT molecular complexity index is 173. The Morgan fingerprint density at radius 3 is 2.31 bits per heavy atom. The van der Waals surface area contributed by atoms with Crippen molar-refractivity contribution in [2.45, 2.75) is 39.0 Å². The minimum Gasteiger partial charge on any atom is -0.478 e. The van der Waals surface area contributed by atoms with Gasteiger partial charge in [0.1, 0.15) is 0 Å². The number of aliphatic hydroxyl groups excluding tert-OH is 1. The smallest absolute Gasteiger partial charge is 0.331 e. The molecule has 0 spiro atoms. The zero-order valence-electron chi connectivity index (χ0n) is 8.12. The van der Waals surface area contributed by atoms with Crippen LogP contribution in [0.3, 0.4) is 0 Å². The van der Waals surface area contributed by atoms with Crippen molar-refractivity contribution in [1.82, 2.24) is 0 Å². The number of unbranched alkanes of at least 4 members (excludes halogenated alkanes) is 3. The van der Waals surface area contributed by atoms with Crippen molar-refractivity contribution >= 4 is 5.97 Å². The van der Waals surface area contributed by atoms with Crippen molar-refractivity contribution in [3.05, 3.63) is 11.6 Å². The van der Waals surface area contributed by atoms with Crippen LogP contribution >= 0.6 is 0 Å². The molecule has 0 heterocycles. The predicted octanol–water partition coefficient (Wildman–Crippen LogP) is 1.96. The molecule has 0 rings (SSSR count). The molecule has 0 aromatic heterocycles. The fourth-order valence-electron chi connectivity index (χ4n) is 1.16. The molecule has 13 heavy (non-hydrogen) atoms. The summed E-state index contributed by atoms with van der Waals surface area (Å²) in [7, 11) is 0. The van der Waals surface area contributed by atoms with Gasteiger partial charge in [0.2, 0.25) is 0 Å². The average Bonchev–Trinajstić information content (AvgIpc) is 2.10. The Balaban J connectivity index is 3.46. The topological polar surface area (TPSA) is 57.5 Å². The number of aliphatic hydroxyl groups is 1. The summed E-state index contributed by atoms with van der Waals surface area (Å²) in [5.41, 5.74) is 0.490. The van der Waals surface area contributed by atoms with Crippen molar-refractivity contribution < 1.29 is 15.0 Å². The van der Waals surface area contributed by atoms with Gasteiger partial charge in [0.05, 0.1) is 0 Å². The fraction of sp³-hybridized carbons (Fsp3) is 0.700. The molecular formula is C10H18O3. The summed E-state index contributed by atoms with van der Waals surface area (Å²) < 4.78 is 0. The van der Waals surface area contributed by atoms with Gasteiger partial charge in [0, 0.05) is 12.2 Å². The summed E-state index contributed by atoms with van der Waals surface area (Å²) in [5.74, 6) is -0.815. The molecule has 0 bridgehead atoms. The second kappa shape index (κ2) is 7.80. The van der Waals surface area contributed by atoms with Crippen LogP contribution in [0.15, 0.2) is 11.6 Å². The predicted molar refractivity (Wildman–Crippen MR) is 51.6 cm³/mol. The Kier molecular flexibility index (Phi) is 7.30. The Hall–Kier alpha value is -0.830. The molecule has 0 saturated heterocycles. The maximum atomic E-state index is 10.5. The van der Waals surface area contributed by atoms with Crippen LogP contribution in [0.25, 0.3) is 0 Å². The molecule has 0 atom stereocenters. The molecule has 2 N–H and O–H groups in total. The normalized spacial score (nSPS) is 11.7. The van der Waals surface area contributed by atoms with Gasteiger partial charge in [0.15, 0.2) is 0 Å². The van der Waals surface area contributed by atoms with E-state index in [1.807, 2.05) is 0 Å². The third-order valence-electron chi connectivity index (χ3n) is 1.98. The van der Waals surface area contributed by atoms with Crippen molar-refractivity contribution in [2.24, 2.45) is 0 Å². The van der Waals surface area contributed by atoms with E-state index in [1.165, 1.54) is 0 Å². The first-order chi connectivity index (χ1) is 6.22. The lowest BCUT2D eigenvalue weighted by atomic mass is 10.1. The second-order valence-corrected chi connectivity index (χ2v) is 3.01. The van der Waals surface area contributed by atoms with Crippen LogP contribution in [0, 0.1) is 0 Å². The molecule has 76 valence electrons. The number of hydrogen-bond donors (Lipinski definition) is 2. The summed E-state index contributed by atoms with van der Waals surface area (Å²) in [6.07, 6.45) is 5.97. The van der Waals surface area contributed by atoms with Gasteiger partial charge in [-0.25, -0.2) is 4.79 Å². The number of aliphatic carboxylic acids is 1. The summed E-state index contributed by atoms with van der Waals surface area (Å²) in [4.78, 5) is 10.5. The van der Waals surface area contributed by atoms with Crippen LogP contribution in [0.1, 0.15) is 39.0 Å². The molecule has 0 radical (unpaired) electrons. The Labute approximate surface area is 79.1 Å². The summed E-state index contributed by atoms with van der Waals surface area (Å²) in [5, 5.41) is 17.2. The van der Waals surface area contributed by atoms with Crippen molar-refractivity contribution in [2.75, 3.05) is 6.61 Å². The van der Waals surface area contributed by atoms with Crippen molar-refractivity contribution in [3.8, 4) is 0 Å². The van der Waals surface area contributed by atoms with Gasteiger partial charge >= 0.3 is 5.97 Å². The molecule has 0 unspecified atom stereocenters. The first kappa shape index (κ1) is 12.2. The van der Waals surface area contributed by atoms with Gasteiger partial charge in [0.25, 0.3) is 0 Å². The van der Waals surface area contributed by atoms with E-state index in [0.29, 0.717) is 12.0 Å². The highest BCUT2D eigenvalue weighted by Crippen LogP contribution is 2.09. The molecule has 0 aliphatic heterocycles. The summed E-state index contributed by atoms with van der Waals surface area (Å²) >= 11 is 0. The quantitative estimate of drug-likeness (QED) is 0.472. The average molecular weight is 186 g/mol. The van der Waals surface area contributed by atoms with Gasteiger partial charge in [-0.3, -0.25) is 0 Å². The lowest BCUT2D eigenvalue weighted by Gasteiger charge is -2.00. The Morgan fingerprint density at radius 2 is 1.85 bits per heavy atom. The van der Waals surface area contributed by atoms with Crippen LogP contribution < -0.4 is 0 Å². The highest BCUT2D eigenvalue weighted by Gasteiger charge is 2.04. The molecular weight excluding hydrogens is 168 g/mol. The molecule has 0 saturated carbocycles. The van der Waals surface area contributed by atoms with Gasteiger partial charge < -0.3 is 10.2 Å². The van der Waals surface area contributed by atoms with E-state index in [1.54, 1.807) is 13.0 Å². The minimum absolute atomic E-state index is 0.232. The van der Waals surface area contributed by atoms with E-state index < -0.39 is 5.97 Å². The van der Waals surface area contributed by atoms with Crippen LogP contribution in [-0.2, 0) is 4.79 Å². The minimum atomic E-state index is -0.815. The molecule has 0 aromatic carbocycles. The van der Waals surface area contributed by atoms with Crippen molar-refractivity contribution in [3.63, 3.8) is 0 Å². The van der Waals surface area contributed by atoms with Gasteiger partial charge in [-0.15, -0.1) is 0 Å². The van der Waals surface area contributed by atoms with E-state index in [4.69, 9.17) is 10.2 Å². The van der Waals surface area contributed by atoms with E-state index >= 15 is 0 Å². The summed E-state index contributed by atoms with van der Waals surface area (Å²) in [6, 6.07) is 0. The number of allylic oxidation sites excluding steroid dienone is 1. The number of carboxylic acid groups (broad SMARTS) is 1. The molecule has 0 fully saturated rings. The lowest BCUT2D eigenvalue weighted by Crippen LogP contribution is -2.00. The maximum absolute atomic E-state index is 10.5. The third kappa shape index (κ3) is 6.34. The van der Waals surface area contributed by atoms with E-state index in [-0.39, 0.29) is 6.61 Å². The molecule has 3 nitrogen and oxygen atoms in total.